The molecule has 1 amide bonds. The third-order valence-corrected chi connectivity index (χ3v) is 3.43. The van der Waals surface area contributed by atoms with Crippen molar-refractivity contribution < 1.29 is 24.2 Å². The van der Waals surface area contributed by atoms with E-state index in [4.69, 9.17) is 14.6 Å². The smallest absolute Gasteiger partial charge is 0.329 e. The van der Waals surface area contributed by atoms with Gasteiger partial charge in [0, 0.05) is 11.0 Å². The standard InChI is InChI=1S/C16H16BrNO5/c17-13-3-1-12-8-14(4-2-11(12)7-13)23-9-15(19)18-5-6-22-10-16(20)21/h1-4,7-8H,5-6,9-10H2,(H,18,19)(H,20,21). The van der Waals surface area contributed by atoms with Crippen LogP contribution in [0.5, 0.6) is 5.75 Å². The monoisotopic (exact) mass is 381 g/mol. The number of benzene rings is 2. The fourth-order valence-electron chi connectivity index (χ4n) is 1.91. The van der Waals surface area contributed by atoms with Crippen molar-refractivity contribution in [2.75, 3.05) is 26.4 Å². The molecule has 0 spiro atoms. The fourth-order valence-corrected chi connectivity index (χ4v) is 2.29. The van der Waals surface area contributed by atoms with Crippen LogP contribution in [-0.4, -0.2) is 43.3 Å². The van der Waals surface area contributed by atoms with Gasteiger partial charge in [0.15, 0.2) is 6.61 Å². The van der Waals surface area contributed by atoms with E-state index < -0.39 is 5.97 Å². The van der Waals surface area contributed by atoms with E-state index in [-0.39, 0.29) is 32.3 Å². The van der Waals surface area contributed by atoms with Crippen LogP contribution in [0.2, 0.25) is 0 Å². The average molecular weight is 382 g/mol. The van der Waals surface area contributed by atoms with Gasteiger partial charge in [-0.15, -0.1) is 0 Å². The minimum Gasteiger partial charge on any atom is -0.484 e. The maximum atomic E-state index is 11.6. The highest BCUT2D eigenvalue weighted by atomic mass is 79.9. The highest BCUT2D eigenvalue weighted by molar-refractivity contribution is 9.10. The molecule has 0 unspecified atom stereocenters. The number of amides is 1. The molecule has 2 N–H and O–H groups in total. The fraction of sp³-hybridized carbons (Fsp3) is 0.250. The molecule has 2 aromatic rings. The van der Waals surface area contributed by atoms with E-state index in [9.17, 15) is 9.59 Å². The zero-order valence-corrected chi connectivity index (χ0v) is 13.8. The normalized spacial score (nSPS) is 10.5. The molecule has 0 aliphatic heterocycles. The Kier molecular flexibility index (Phi) is 6.37. The number of carbonyl (C=O) groups excluding carboxylic acids is 1. The van der Waals surface area contributed by atoms with Crippen LogP contribution >= 0.6 is 15.9 Å². The van der Waals surface area contributed by atoms with Gasteiger partial charge in [-0.05, 0) is 35.0 Å². The molecule has 7 heteroatoms. The molecule has 2 aromatic carbocycles. The summed E-state index contributed by atoms with van der Waals surface area (Å²) in [6.07, 6.45) is 0. The molecule has 0 aromatic heterocycles. The summed E-state index contributed by atoms with van der Waals surface area (Å²) in [5.74, 6) is -0.722. The van der Waals surface area contributed by atoms with Gasteiger partial charge in [0.05, 0.1) is 6.61 Å². The van der Waals surface area contributed by atoms with Crippen LogP contribution in [0.15, 0.2) is 40.9 Å². The Morgan fingerprint density at radius 3 is 2.61 bits per heavy atom. The van der Waals surface area contributed by atoms with Crippen molar-refractivity contribution in [1.29, 1.82) is 0 Å². The third-order valence-electron chi connectivity index (χ3n) is 2.94. The van der Waals surface area contributed by atoms with Gasteiger partial charge in [-0.2, -0.15) is 0 Å². The zero-order valence-electron chi connectivity index (χ0n) is 12.3. The first-order valence-corrected chi connectivity index (χ1v) is 7.72. The van der Waals surface area contributed by atoms with Gasteiger partial charge in [0.25, 0.3) is 5.91 Å². The van der Waals surface area contributed by atoms with E-state index in [0.717, 1.165) is 15.2 Å². The van der Waals surface area contributed by atoms with Crippen molar-refractivity contribution in [3.63, 3.8) is 0 Å². The molecular formula is C16H16BrNO5. The van der Waals surface area contributed by atoms with E-state index in [2.05, 4.69) is 21.2 Å². The van der Waals surface area contributed by atoms with E-state index in [1.807, 2.05) is 30.3 Å². The summed E-state index contributed by atoms with van der Waals surface area (Å²) in [5.41, 5.74) is 0. The molecule has 0 fully saturated rings. The predicted octanol–water partition coefficient (Wildman–Crippen LogP) is 2.20. The molecule has 0 radical (unpaired) electrons. The van der Waals surface area contributed by atoms with Crippen molar-refractivity contribution in [1.82, 2.24) is 5.32 Å². The van der Waals surface area contributed by atoms with Gasteiger partial charge in [-0.25, -0.2) is 4.79 Å². The average Bonchev–Trinajstić information content (AvgIpc) is 2.52. The Morgan fingerprint density at radius 2 is 1.83 bits per heavy atom. The summed E-state index contributed by atoms with van der Waals surface area (Å²) in [4.78, 5) is 21.8. The predicted molar refractivity (Wildman–Crippen MR) is 88.6 cm³/mol. The number of rotatable bonds is 8. The first-order valence-electron chi connectivity index (χ1n) is 6.93. The highest BCUT2D eigenvalue weighted by Crippen LogP contribution is 2.24. The van der Waals surface area contributed by atoms with Crippen LogP contribution in [-0.2, 0) is 14.3 Å². The van der Waals surface area contributed by atoms with Crippen molar-refractivity contribution in [2.24, 2.45) is 0 Å². The van der Waals surface area contributed by atoms with Crippen molar-refractivity contribution in [3.8, 4) is 5.75 Å². The first-order chi connectivity index (χ1) is 11.0. The van der Waals surface area contributed by atoms with Gasteiger partial charge in [-0.3, -0.25) is 4.79 Å². The molecule has 2 rings (SSSR count). The summed E-state index contributed by atoms with van der Waals surface area (Å²) in [5, 5.41) is 13.1. The van der Waals surface area contributed by atoms with Gasteiger partial charge in [0.2, 0.25) is 0 Å². The number of halogens is 1. The molecular weight excluding hydrogens is 366 g/mol. The Hall–Kier alpha value is -2.12. The summed E-state index contributed by atoms with van der Waals surface area (Å²) in [6, 6.07) is 11.5. The Balaban J connectivity index is 1.76. The largest absolute Gasteiger partial charge is 0.484 e. The van der Waals surface area contributed by atoms with E-state index in [0.29, 0.717) is 5.75 Å². The van der Waals surface area contributed by atoms with Crippen LogP contribution in [0.25, 0.3) is 10.8 Å². The van der Waals surface area contributed by atoms with Gasteiger partial charge in [0.1, 0.15) is 12.4 Å². The number of fused-ring (bicyclic) bond motifs is 1. The second-order valence-corrected chi connectivity index (χ2v) is 5.65. The second kappa shape index (κ2) is 8.50. The van der Waals surface area contributed by atoms with Crippen LogP contribution in [0, 0.1) is 0 Å². The van der Waals surface area contributed by atoms with E-state index in [1.54, 1.807) is 6.07 Å². The lowest BCUT2D eigenvalue weighted by atomic mass is 10.1. The van der Waals surface area contributed by atoms with Crippen molar-refractivity contribution in [2.45, 2.75) is 0 Å². The molecule has 0 bridgehead atoms. The van der Waals surface area contributed by atoms with E-state index in [1.165, 1.54) is 0 Å². The lowest BCUT2D eigenvalue weighted by Gasteiger charge is -2.08. The van der Waals surface area contributed by atoms with Crippen LogP contribution < -0.4 is 10.1 Å². The van der Waals surface area contributed by atoms with Gasteiger partial charge < -0.3 is 19.9 Å². The van der Waals surface area contributed by atoms with Crippen molar-refractivity contribution in [3.05, 3.63) is 40.9 Å². The minimum atomic E-state index is -1.04. The molecule has 0 saturated carbocycles. The van der Waals surface area contributed by atoms with Gasteiger partial charge in [-0.1, -0.05) is 28.1 Å². The van der Waals surface area contributed by atoms with Crippen LogP contribution in [0.1, 0.15) is 0 Å². The molecule has 0 atom stereocenters. The quantitative estimate of drug-likeness (QED) is 0.684. The lowest BCUT2D eigenvalue weighted by Crippen LogP contribution is -2.32. The number of aliphatic carboxylic acids is 1. The molecule has 0 aliphatic carbocycles. The highest BCUT2D eigenvalue weighted by Gasteiger charge is 2.04. The zero-order chi connectivity index (χ0) is 16.7. The number of carboxylic acids is 1. The van der Waals surface area contributed by atoms with Crippen molar-refractivity contribution >= 4 is 38.6 Å². The SMILES string of the molecule is O=C(O)COCCNC(=O)COc1ccc2cc(Br)ccc2c1. The lowest BCUT2D eigenvalue weighted by molar-refractivity contribution is -0.142. The number of hydrogen-bond donors (Lipinski definition) is 2. The summed E-state index contributed by atoms with van der Waals surface area (Å²) < 4.78 is 11.3. The number of hydrogen-bond acceptors (Lipinski definition) is 4. The van der Waals surface area contributed by atoms with E-state index >= 15 is 0 Å². The number of ether oxygens (including phenoxy) is 2. The molecule has 0 saturated heterocycles. The minimum absolute atomic E-state index is 0.110. The summed E-state index contributed by atoms with van der Waals surface area (Å²) in [6.45, 7) is -0.106. The maximum absolute atomic E-state index is 11.6. The van der Waals surface area contributed by atoms with Crippen LogP contribution in [0.3, 0.4) is 0 Å². The number of carboxylic acid groups (broad SMARTS) is 1. The summed E-state index contributed by atoms with van der Waals surface area (Å²) >= 11 is 3.42. The summed E-state index contributed by atoms with van der Waals surface area (Å²) in [7, 11) is 0. The molecule has 0 heterocycles. The molecule has 23 heavy (non-hydrogen) atoms. The third kappa shape index (κ3) is 5.88. The Bertz CT molecular complexity index is 704. The first kappa shape index (κ1) is 17.2. The maximum Gasteiger partial charge on any atom is 0.329 e. The molecule has 0 aliphatic rings. The molecule has 122 valence electrons. The molecule has 6 nitrogen and oxygen atoms in total. The van der Waals surface area contributed by atoms with Crippen LogP contribution in [0.4, 0.5) is 0 Å². The number of carbonyl (C=O) groups is 2. The van der Waals surface area contributed by atoms with Gasteiger partial charge >= 0.3 is 5.97 Å². The second-order valence-electron chi connectivity index (χ2n) is 4.74. The number of nitrogens with one attached hydrogen (secondary N) is 1. The Labute approximate surface area is 141 Å². The Morgan fingerprint density at radius 1 is 1.09 bits per heavy atom. The topological polar surface area (TPSA) is 84.9 Å².